The smallest absolute Gasteiger partial charge is 0.330 e. The summed E-state index contributed by atoms with van der Waals surface area (Å²) in [5, 5.41) is 0. The maximum Gasteiger partial charge on any atom is 0.330 e. The van der Waals surface area contributed by atoms with Crippen molar-refractivity contribution in [2.24, 2.45) is 0 Å². The number of nitrogens with one attached hydrogen (secondary N) is 1. The van der Waals surface area contributed by atoms with Gasteiger partial charge in [-0.3, -0.25) is 14.3 Å². The lowest BCUT2D eigenvalue weighted by Gasteiger charge is -2.35. The van der Waals surface area contributed by atoms with Gasteiger partial charge in [-0.1, -0.05) is 6.92 Å². The van der Waals surface area contributed by atoms with Crippen molar-refractivity contribution in [3.05, 3.63) is 32.6 Å². The Kier molecular flexibility index (Phi) is 3.31. The monoisotopic (exact) mass is 296 g/mol. The van der Waals surface area contributed by atoms with Crippen LogP contribution in [0.1, 0.15) is 32.1 Å². The van der Waals surface area contributed by atoms with Gasteiger partial charge in [0.2, 0.25) is 0 Å². The molecule has 3 heterocycles. The standard InChI is InChI=1S/C14H20N2O5/c1-5-14-8(3)20-9(10(14)19-4)12(21-14)16-6-7(2)11(17)15-13(16)18/h6,8-10,12H,5H2,1-4H3,(H,15,17,18)/t8-,9+,10-,12+,14-/m0/s1. The molecule has 1 aromatic heterocycles. The minimum absolute atomic E-state index is 0.103. The molecule has 1 aromatic rings. The SMILES string of the molecule is CC[C@]12O[C@@H](n3cc(C)c(=O)[nH]c3=O)[C@H](O[C@H]1C)[C@@H]2OC. The van der Waals surface area contributed by atoms with E-state index in [0.29, 0.717) is 5.56 Å². The minimum atomic E-state index is -0.589. The zero-order valence-corrected chi connectivity index (χ0v) is 12.6. The third-order valence-electron chi connectivity index (χ3n) is 4.68. The molecule has 21 heavy (non-hydrogen) atoms. The highest BCUT2D eigenvalue weighted by atomic mass is 16.7. The Morgan fingerprint density at radius 1 is 1.48 bits per heavy atom. The van der Waals surface area contributed by atoms with Gasteiger partial charge in [-0.25, -0.2) is 4.79 Å². The van der Waals surface area contributed by atoms with E-state index in [1.807, 2.05) is 13.8 Å². The number of hydrogen-bond acceptors (Lipinski definition) is 5. The molecule has 0 radical (unpaired) electrons. The van der Waals surface area contributed by atoms with Crippen molar-refractivity contribution in [1.82, 2.24) is 9.55 Å². The van der Waals surface area contributed by atoms with Crippen LogP contribution in [0.25, 0.3) is 0 Å². The van der Waals surface area contributed by atoms with Crippen molar-refractivity contribution in [2.75, 3.05) is 7.11 Å². The Morgan fingerprint density at radius 2 is 2.19 bits per heavy atom. The molecule has 0 aliphatic carbocycles. The first-order valence-electron chi connectivity index (χ1n) is 7.12. The Labute approximate surface area is 121 Å². The van der Waals surface area contributed by atoms with E-state index >= 15 is 0 Å². The molecule has 2 aliphatic heterocycles. The van der Waals surface area contributed by atoms with E-state index in [0.717, 1.165) is 6.42 Å². The summed E-state index contributed by atoms with van der Waals surface area (Å²) in [6.45, 7) is 5.61. The first-order valence-corrected chi connectivity index (χ1v) is 7.12. The molecule has 0 spiro atoms. The average Bonchev–Trinajstić information content (AvgIpc) is 2.91. The summed E-state index contributed by atoms with van der Waals surface area (Å²) in [6.07, 6.45) is 0.935. The van der Waals surface area contributed by atoms with Gasteiger partial charge in [0.1, 0.15) is 17.8 Å². The molecule has 0 unspecified atom stereocenters. The van der Waals surface area contributed by atoms with E-state index in [1.54, 1.807) is 14.0 Å². The van der Waals surface area contributed by atoms with Crippen LogP contribution in [0.4, 0.5) is 0 Å². The normalized spacial score (nSPS) is 38.1. The fourth-order valence-electron chi connectivity index (χ4n) is 3.50. The first kappa shape index (κ1) is 14.5. The van der Waals surface area contributed by atoms with Crippen LogP contribution in [0.2, 0.25) is 0 Å². The number of hydrogen-bond donors (Lipinski definition) is 1. The van der Waals surface area contributed by atoms with E-state index in [2.05, 4.69) is 4.98 Å². The molecule has 5 atom stereocenters. The van der Waals surface area contributed by atoms with Gasteiger partial charge in [-0.05, 0) is 20.3 Å². The van der Waals surface area contributed by atoms with Gasteiger partial charge in [0.05, 0.1) is 6.10 Å². The van der Waals surface area contributed by atoms with Crippen LogP contribution >= 0.6 is 0 Å². The molecule has 2 aliphatic rings. The summed E-state index contributed by atoms with van der Waals surface area (Å²) in [7, 11) is 1.62. The summed E-state index contributed by atoms with van der Waals surface area (Å²) in [4.78, 5) is 25.8. The van der Waals surface area contributed by atoms with Gasteiger partial charge in [0.25, 0.3) is 5.56 Å². The number of rotatable bonds is 3. The number of aromatic amines is 1. The number of nitrogens with zero attached hydrogens (tertiary/aromatic N) is 1. The zero-order valence-electron chi connectivity index (χ0n) is 12.6. The van der Waals surface area contributed by atoms with Crippen molar-refractivity contribution >= 4 is 0 Å². The molecule has 0 saturated carbocycles. The van der Waals surface area contributed by atoms with E-state index in [1.165, 1.54) is 10.8 Å². The Bertz CT molecular complexity index is 666. The lowest BCUT2D eigenvalue weighted by Crippen LogP contribution is -2.47. The van der Waals surface area contributed by atoms with Gasteiger partial charge in [-0.15, -0.1) is 0 Å². The van der Waals surface area contributed by atoms with Crippen LogP contribution in [-0.4, -0.2) is 40.6 Å². The Balaban J connectivity index is 2.06. The second kappa shape index (κ2) is 4.79. The Morgan fingerprint density at radius 3 is 2.76 bits per heavy atom. The third kappa shape index (κ3) is 1.84. The van der Waals surface area contributed by atoms with Crippen LogP contribution in [0.5, 0.6) is 0 Å². The Hall–Kier alpha value is -1.44. The maximum atomic E-state index is 12.1. The van der Waals surface area contributed by atoms with Gasteiger partial charge < -0.3 is 14.2 Å². The largest absolute Gasteiger partial charge is 0.375 e. The fraction of sp³-hybridized carbons (Fsp3) is 0.714. The first-order chi connectivity index (χ1) is 9.94. The molecule has 0 amide bonds. The number of fused-ring (bicyclic) bond motifs is 2. The average molecular weight is 296 g/mol. The van der Waals surface area contributed by atoms with Crippen LogP contribution < -0.4 is 11.2 Å². The summed E-state index contributed by atoms with van der Waals surface area (Å²) < 4.78 is 19.1. The quantitative estimate of drug-likeness (QED) is 0.869. The molecule has 3 rings (SSSR count). The molecule has 7 nitrogen and oxygen atoms in total. The van der Waals surface area contributed by atoms with Gasteiger partial charge in [0.15, 0.2) is 6.23 Å². The van der Waals surface area contributed by atoms with Gasteiger partial charge in [0, 0.05) is 18.9 Å². The highest BCUT2D eigenvalue weighted by Gasteiger charge is 2.65. The second-order valence-corrected chi connectivity index (χ2v) is 5.69. The highest BCUT2D eigenvalue weighted by molar-refractivity contribution is 5.12. The van der Waals surface area contributed by atoms with E-state index in [-0.39, 0.29) is 23.9 Å². The van der Waals surface area contributed by atoms with Crippen LogP contribution in [0.15, 0.2) is 15.8 Å². The maximum absolute atomic E-state index is 12.1. The van der Waals surface area contributed by atoms with Crippen LogP contribution in [0.3, 0.4) is 0 Å². The molecule has 2 bridgehead atoms. The predicted octanol–water partition coefficient (Wildman–Crippen LogP) is 0.325. The van der Waals surface area contributed by atoms with Crippen molar-refractivity contribution in [1.29, 1.82) is 0 Å². The van der Waals surface area contributed by atoms with Gasteiger partial charge >= 0.3 is 5.69 Å². The van der Waals surface area contributed by atoms with Crippen LogP contribution in [0, 0.1) is 6.92 Å². The lowest BCUT2D eigenvalue weighted by atomic mass is 9.90. The van der Waals surface area contributed by atoms with E-state index in [4.69, 9.17) is 14.2 Å². The molecule has 116 valence electrons. The van der Waals surface area contributed by atoms with Crippen molar-refractivity contribution in [2.45, 2.75) is 57.3 Å². The van der Waals surface area contributed by atoms with E-state index < -0.39 is 17.5 Å². The third-order valence-corrected chi connectivity index (χ3v) is 4.68. The van der Waals surface area contributed by atoms with Gasteiger partial charge in [-0.2, -0.15) is 0 Å². The van der Waals surface area contributed by atoms with Crippen molar-refractivity contribution in [3.63, 3.8) is 0 Å². The van der Waals surface area contributed by atoms with Crippen LogP contribution in [-0.2, 0) is 14.2 Å². The predicted molar refractivity (Wildman–Crippen MR) is 74.3 cm³/mol. The summed E-state index contributed by atoms with van der Waals surface area (Å²) in [5.41, 5.74) is -0.996. The fourth-order valence-corrected chi connectivity index (χ4v) is 3.50. The number of H-pyrrole nitrogens is 1. The molecular formula is C14H20N2O5. The van der Waals surface area contributed by atoms with Crippen molar-refractivity contribution < 1.29 is 14.2 Å². The number of methoxy groups -OCH3 is 1. The molecular weight excluding hydrogens is 276 g/mol. The van der Waals surface area contributed by atoms with Crippen molar-refractivity contribution in [3.8, 4) is 0 Å². The number of ether oxygens (including phenoxy) is 3. The highest BCUT2D eigenvalue weighted by Crippen LogP contribution is 2.51. The number of aryl methyl sites for hydroxylation is 1. The second-order valence-electron chi connectivity index (χ2n) is 5.69. The zero-order chi connectivity index (χ0) is 15.4. The summed E-state index contributed by atoms with van der Waals surface area (Å²) in [5.74, 6) is 0. The molecule has 2 fully saturated rings. The molecule has 0 aromatic carbocycles. The molecule has 7 heteroatoms. The minimum Gasteiger partial charge on any atom is -0.375 e. The topological polar surface area (TPSA) is 82.6 Å². The number of aromatic nitrogens is 2. The summed E-state index contributed by atoms with van der Waals surface area (Å²) in [6, 6.07) is 0. The molecule has 1 N–H and O–H groups in total. The molecule has 2 saturated heterocycles. The van der Waals surface area contributed by atoms with E-state index in [9.17, 15) is 9.59 Å². The summed E-state index contributed by atoms with van der Waals surface area (Å²) >= 11 is 0. The lowest BCUT2D eigenvalue weighted by molar-refractivity contribution is -0.208.